The molecule has 132 valence electrons. The van der Waals surface area contributed by atoms with Gasteiger partial charge in [-0.3, -0.25) is 9.00 Å². The molecule has 0 bridgehead atoms. The van der Waals surface area contributed by atoms with Gasteiger partial charge in [-0.25, -0.2) is 4.39 Å². The average Bonchev–Trinajstić information content (AvgIpc) is 3.30. The Balaban J connectivity index is 1.71. The number of carbonyl (C=O) groups is 1. The van der Waals surface area contributed by atoms with E-state index in [-0.39, 0.29) is 23.6 Å². The summed E-state index contributed by atoms with van der Waals surface area (Å²) in [5.74, 6) is -0.765. The van der Waals surface area contributed by atoms with Crippen LogP contribution in [0.4, 0.5) is 10.1 Å². The predicted molar refractivity (Wildman–Crippen MR) is 100 cm³/mol. The molecule has 0 saturated heterocycles. The molecule has 3 nitrogen and oxygen atoms in total. The lowest BCUT2D eigenvalue weighted by Gasteiger charge is -2.09. The molecule has 7 heteroatoms. The summed E-state index contributed by atoms with van der Waals surface area (Å²) in [5.41, 5.74) is 1.70. The summed E-state index contributed by atoms with van der Waals surface area (Å²) in [6.45, 7) is 0. The van der Waals surface area contributed by atoms with Crippen molar-refractivity contribution in [3.63, 3.8) is 0 Å². The number of halogens is 3. The fourth-order valence-electron chi connectivity index (χ4n) is 2.89. The molecule has 1 saturated carbocycles. The van der Waals surface area contributed by atoms with Crippen LogP contribution in [0.3, 0.4) is 0 Å². The molecule has 0 radical (unpaired) electrons. The molecule has 0 aliphatic heterocycles. The van der Waals surface area contributed by atoms with Crippen LogP contribution in [0.15, 0.2) is 36.4 Å². The Kier molecular flexibility index (Phi) is 5.46. The first-order chi connectivity index (χ1) is 11.9. The molecule has 0 spiro atoms. The van der Waals surface area contributed by atoms with Gasteiger partial charge in [0.05, 0.1) is 0 Å². The monoisotopic (exact) mass is 399 g/mol. The largest absolute Gasteiger partial charge is 0.326 e. The molecule has 1 N–H and O–H groups in total. The second kappa shape index (κ2) is 7.44. The number of nitrogens with one attached hydrogen (secondary N) is 1. The highest BCUT2D eigenvalue weighted by Gasteiger charge is 2.46. The number of hydrogen-bond acceptors (Lipinski definition) is 2. The Morgan fingerprint density at radius 1 is 1.28 bits per heavy atom. The molecule has 2 aromatic carbocycles. The van der Waals surface area contributed by atoms with E-state index >= 15 is 0 Å². The third-order valence-electron chi connectivity index (χ3n) is 4.17. The molecule has 0 aromatic heterocycles. The van der Waals surface area contributed by atoms with E-state index in [9.17, 15) is 13.4 Å². The lowest BCUT2D eigenvalue weighted by atomic mass is 10.1. The zero-order valence-electron chi connectivity index (χ0n) is 13.4. The van der Waals surface area contributed by atoms with Crippen molar-refractivity contribution in [3.05, 3.63) is 63.4 Å². The second-order valence-electron chi connectivity index (χ2n) is 6.10. The first-order valence-corrected chi connectivity index (χ1v) is 10.2. The highest BCUT2D eigenvalue weighted by Crippen LogP contribution is 2.50. The van der Waals surface area contributed by atoms with E-state index in [1.54, 1.807) is 36.6 Å². The predicted octanol–water partition coefficient (Wildman–Crippen LogP) is 4.75. The van der Waals surface area contributed by atoms with Crippen LogP contribution >= 0.6 is 23.2 Å². The highest BCUT2D eigenvalue weighted by atomic mass is 35.5. The smallest absolute Gasteiger partial charge is 0.228 e. The van der Waals surface area contributed by atoms with Crippen LogP contribution in [0.1, 0.15) is 23.5 Å². The molecule has 1 aliphatic rings. The first-order valence-electron chi connectivity index (χ1n) is 7.70. The van der Waals surface area contributed by atoms with Gasteiger partial charge in [0.15, 0.2) is 0 Å². The molecule has 1 amide bonds. The van der Waals surface area contributed by atoms with E-state index in [1.807, 2.05) is 0 Å². The molecule has 1 aliphatic carbocycles. The van der Waals surface area contributed by atoms with Crippen molar-refractivity contribution in [1.29, 1.82) is 0 Å². The second-order valence-corrected chi connectivity index (χ2v) is 8.35. The van der Waals surface area contributed by atoms with Gasteiger partial charge in [-0.1, -0.05) is 29.3 Å². The quantitative estimate of drug-likeness (QED) is 0.787. The average molecular weight is 400 g/mol. The van der Waals surface area contributed by atoms with E-state index in [1.165, 1.54) is 6.07 Å². The van der Waals surface area contributed by atoms with Gasteiger partial charge in [0.2, 0.25) is 5.91 Å². The summed E-state index contributed by atoms with van der Waals surface area (Å²) in [5, 5.41) is 3.68. The van der Waals surface area contributed by atoms with Gasteiger partial charge in [0.25, 0.3) is 0 Å². The normalized spacial score (nSPS) is 20.2. The van der Waals surface area contributed by atoms with Gasteiger partial charge < -0.3 is 5.32 Å². The zero-order valence-corrected chi connectivity index (χ0v) is 15.7. The van der Waals surface area contributed by atoms with Crippen LogP contribution in [-0.4, -0.2) is 16.4 Å². The minimum Gasteiger partial charge on any atom is -0.326 e. The molecule has 1 fully saturated rings. The minimum absolute atomic E-state index is 0.185. The topological polar surface area (TPSA) is 46.2 Å². The minimum atomic E-state index is -1.03. The molecular weight excluding hydrogens is 384 g/mol. The Morgan fingerprint density at radius 3 is 2.72 bits per heavy atom. The fraction of sp³-hybridized carbons (Fsp3) is 0.278. The Labute approximate surface area is 158 Å². The van der Waals surface area contributed by atoms with Crippen molar-refractivity contribution in [2.24, 2.45) is 5.92 Å². The van der Waals surface area contributed by atoms with Gasteiger partial charge in [0, 0.05) is 55.9 Å². The maximum atomic E-state index is 14.0. The van der Waals surface area contributed by atoms with Crippen molar-refractivity contribution < 1.29 is 13.4 Å². The molecular formula is C18H16Cl2FNO2S. The fourth-order valence-corrected chi connectivity index (χ4v) is 4.13. The van der Waals surface area contributed by atoms with Crippen LogP contribution in [0, 0.1) is 11.7 Å². The third-order valence-corrected chi connectivity index (χ3v) is 5.59. The van der Waals surface area contributed by atoms with E-state index in [0.29, 0.717) is 39.0 Å². The maximum absolute atomic E-state index is 14.0. The van der Waals surface area contributed by atoms with Gasteiger partial charge in [-0.05, 0) is 42.3 Å². The van der Waals surface area contributed by atoms with E-state index < -0.39 is 10.8 Å². The maximum Gasteiger partial charge on any atom is 0.228 e. The van der Waals surface area contributed by atoms with Crippen molar-refractivity contribution in [2.75, 3.05) is 11.6 Å². The summed E-state index contributed by atoms with van der Waals surface area (Å²) < 4.78 is 25.4. The summed E-state index contributed by atoms with van der Waals surface area (Å²) in [6.07, 6.45) is 2.15. The first kappa shape index (κ1) is 18.4. The van der Waals surface area contributed by atoms with Crippen LogP contribution < -0.4 is 5.32 Å². The molecule has 2 aromatic rings. The van der Waals surface area contributed by atoms with E-state index in [0.717, 1.165) is 0 Å². The highest BCUT2D eigenvalue weighted by molar-refractivity contribution is 7.83. The number of benzene rings is 2. The number of rotatable bonds is 5. The lowest BCUT2D eigenvalue weighted by Crippen LogP contribution is -2.15. The van der Waals surface area contributed by atoms with E-state index in [4.69, 9.17) is 23.2 Å². The van der Waals surface area contributed by atoms with Crippen molar-refractivity contribution in [3.8, 4) is 0 Å². The molecule has 25 heavy (non-hydrogen) atoms. The summed E-state index contributed by atoms with van der Waals surface area (Å²) in [7, 11) is -1.03. The van der Waals surface area contributed by atoms with E-state index in [2.05, 4.69) is 5.32 Å². The Hall–Kier alpha value is -1.43. The summed E-state index contributed by atoms with van der Waals surface area (Å²) in [6, 6.07) is 9.60. The van der Waals surface area contributed by atoms with Crippen molar-refractivity contribution in [2.45, 2.75) is 18.1 Å². The lowest BCUT2D eigenvalue weighted by molar-refractivity contribution is -0.117. The molecule has 3 rings (SSSR count). The SMILES string of the molecule is C[S@](=O)Cc1cc(NC(=O)[C@H]2C[C@H]2c2c(F)cccc2Cl)ccc1Cl. The number of amides is 1. The number of anilines is 1. The van der Waals surface area contributed by atoms with Crippen LogP contribution in [-0.2, 0) is 21.3 Å². The summed E-state index contributed by atoms with van der Waals surface area (Å²) >= 11 is 12.2. The molecule has 0 unspecified atom stereocenters. The van der Waals surface area contributed by atoms with Crippen LogP contribution in [0.2, 0.25) is 10.0 Å². The molecule has 3 atom stereocenters. The van der Waals surface area contributed by atoms with Gasteiger partial charge in [-0.15, -0.1) is 0 Å². The van der Waals surface area contributed by atoms with Crippen LogP contribution in [0.5, 0.6) is 0 Å². The van der Waals surface area contributed by atoms with Crippen molar-refractivity contribution in [1.82, 2.24) is 0 Å². The van der Waals surface area contributed by atoms with Gasteiger partial charge in [-0.2, -0.15) is 0 Å². The summed E-state index contributed by atoms with van der Waals surface area (Å²) in [4.78, 5) is 12.4. The van der Waals surface area contributed by atoms with Gasteiger partial charge in [0.1, 0.15) is 5.82 Å². The third kappa shape index (κ3) is 4.22. The number of hydrogen-bond donors (Lipinski definition) is 1. The standard InChI is InChI=1S/C18H16Cl2FNO2S/c1-25(24)9-10-7-11(5-6-14(10)19)22-18(23)13-8-12(13)17-15(20)3-2-4-16(17)21/h2-7,12-13H,8-9H2,1H3,(H,22,23)/t12-,13+,25+/m1/s1. The van der Waals surface area contributed by atoms with Gasteiger partial charge >= 0.3 is 0 Å². The van der Waals surface area contributed by atoms with Crippen molar-refractivity contribution >= 4 is 45.6 Å². The zero-order chi connectivity index (χ0) is 18.1. The number of carbonyl (C=O) groups excluding carboxylic acids is 1. The van der Waals surface area contributed by atoms with Crippen LogP contribution in [0.25, 0.3) is 0 Å². The molecule has 0 heterocycles. The Bertz CT molecular complexity index is 839. The Morgan fingerprint density at radius 2 is 2.04 bits per heavy atom.